The molecule has 18 heavy (non-hydrogen) atoms. The molecule has 0 fully saturated rings. The van der Waals surface area contributed by atoms with Crippen LogP contribution in [0.15, 0.2) is 40.7 Å². The summed E-state index contributed by atoms with van der Waals surface area (Å²) < 4.78 is 13.4. The molecule has 0 radical (unpaired) electrons. The molecule has 1 heterocycles. The number of halogens is 1. The van der Waals surface area contributed by atoms with E-state index in [4.69, 9.17) is 5.26 Å². The van der Waals surface area contributed by atoms with Crippen molar-refractivity contribution in [3.8, 4) is 6.07 Å². The van der Waals surface area contributed by atoms with Crippen molar-refractivity contribution in [2.24, 2.45) is 0 Å². The minimum absolute atomic E-state index is 0.126. The van der Waals surface area contributed by atoms with Gasteiger partial charge in [-0.1, -0.05) is 13.0 Å². The molecule has 0 aliphatic rings. The van der Waals surface area contributed by atoms with Gasteiger partial charge in [0.1, 0.15) is 11.6 Å². The number of nitrogens with zero attached hydrogens (tertiary/aromatic N) is 2. The lowest BCUT2D eigenvalue weighted by Crippen LogP contribution is -2.10. The normalized spacial score (nSPS) is 12.1. The van der Waals surface area contributed by atoms with E-state index in [9.17, 15) is 9.18 Å². The Kier molecular flexibility index (Phi) is 5.32. The molecule has 2 N–H and O–H groups in total. The van der Waals surface area contributed by atoms with Crippen LogP contribution in [0, 0.1) is 11.3 Å². The number of aromatic nitrogens is 2. The van der Waals surface area contributed by atoms with Gasteiger partial charge in [-0.05, 0) is 12.5 Å². The first kappa shape index (κ1) is 13.6. The predicted octanol–water partition coefficient (Wildman–Crippen LogP) is 1.90. The number of anilines is 1. The van der Waals surface area contributed by atoms with E-state index in [0.29, 0.717) is 6.42 Å². The molecule has 0 spiro atoms. The number of rotatable bonds is 5. The summed E-state index contributed by atoms with van der Waals surface area (Å²) in [6.07, 6.45) is 4.68. The van der Waals surface area contributed by atoms with Gasteiger partial charge < -0.3 is 10.3 Å². The second-order valence-corrected chi connectivity index (χ2v) is 3.42. The first-order valence-corrected chi connectivity index (χ1v) is 5.40. The van der Waals surface area contributed by atoms with Crippen LogP contribution in [-0.4, -0.2) is 16.5 Å². The summed E-state index contributed by atoms with van der Waals surface area (Å²) in [4.78, 5) is 17.1. The van der Waals surface area contributed by atoms with Crippen molar-refractivity contribution in [2.75, 3.05) is 11.9 Å². The molecule has 0 bridgehead atoms. The molecule has 0 amide bonds. The van der Waals surface area contributed by atoms with Gasteiger partial charge in [0.25, 0.3) is 5.56 Å². The van der Waals surface area contributed by atoms with E-state index in [-0.39, 0.29) is 23.5 Å². The molecule has 1 rings (SSSR count). The molecule has 94 valence electrons. The first-order chi connectivity index (χ1) is 8.65. The zero-order chi connectivity index (χ0) is 13.4. The number of hydrogen-bond acceptors (Lipinski definition) is 4. The van der Waals surface area contributed by atoms with Crippen molar-refractivity contribution >= 4 is 5.82 Å². The van der Waals surface area contributed by atoms with Gasteiger partial charge in [0.15, 0.2) is 0 Å². The summed E-state index contributed by atoms with van der Waals surface area (Å²) in [7, 11) is 0. The maximum atomic E-state index is 13.4. The summed E-state index contributed by atoms with van der Waals surface area (Å²) in [5.41, 5.74) is -0.0452. The van der Waals surface area contributed by atoms with Gasteiger partial charge in [-0.3, -0.25) is 4.79 Å². The van der Waals surface area contributed by atoms with Crippen LogP contribution < -0.4 is 10.9 Å². The molecule has 1 aromatic rings. The maximum Gasteiger partial charge on any atom is 0.252 e. The fourth-order valence-electron chi connectivity index (χ4n) is 1.22. The average molecular weight is 248 g/mol. The highest BCUT2D eigenvalue weighted by atomic mass is 19.1. The van der Waals surface area contributed by atoms with E-state index in [1.807, 2.05) is 13.0 Å². The Balaban J connectivity index is 2.64. The van der Waals surface area contributed by atoms with Crippen molar-refractivity contribution in [1.29, 1.82) is 5.26 Å². The molecule has 0 saturated heterocycles. The minimum Gasteiger partial charge on any atom is -0.363 e. The van der Waals surface area contributed by atoms with Gasteiger partial charge in [-0.15, -0.1) is 0 Å². The summed E-state index contributed by atoms with van der Waals surface area (Å²) in [5, 5.41) is 11.4. The quantitative estimate of drug-likeness (QED) is 0.616. The van der Waals surface area contributed by atoms with E-state index >= 15 is 0 Å². The Morgan fingerprint density at radius 1 is 1.72 bits per heavy atom. The van der Waals surface area contributed by atoms with Crippen LogP contribution in [0.25, 0.3) is 0 Å². The summed E-state index contributed by atoms with van der Waals surface area (Å²) in [6, 6.07) is 3.11. The fraction of sp³-hybridized carbons (Fsp3) is 0.250. The van der Waals surface area contributed by atoms with E-state index in [1.165, 1.54) is 12.4 Å². The van der Waals surface area contributed by atoms with Gasteiger partial charge in [-0.2, -0.15) is 5.26 Å². The Morgan fingerprint density at radius 3 is 3.11 bits per heavy atom. The van der Waals surface area contributed by atoms with E-state index in [2.05, 4.69) is 15.3 Å². The topological polar surface area (TPSA) is 81.6 Å². The van der Waals surface area contributed by atoms with E-state index in [0.717, 1.165) is 6.08 Å². The zero-order valence-electron chi connectivity index (χ0n) is 9.90. The zero-order valence-corrected chi connectivity index (χ0v) is 9.90. The lowest BCUT2D eigenvalue weighted by Gasteiger charge is -2.02. The molecule has 6 heteroatoms. The Morgan fingerprint density at radius 2 is 2.50 bits per heavy atom. The Hall–Kier alpha value is -2.42. The van der Waals surface area contributed by atoms with Crippen LogP contribution in [-0.2, 0) is 0 Å². The highest BCUT2D eigenvalue weighted by Gasteiger charge is 1.99. The van der Waals surface area contributed by atoms with Gasteiger partial charge >= 0.3 is 0 Å². The van der Waals surface area contributed by atoms with Crippen LogP contribution in [0.4, 0.5) is 10.2 Å². The monoisotopic (exact) mass is 248 g/mol. The van der Waals surface area contributed by atoms with Gasteiger partial charge in [0.05, 0.1) is 24.5 Å². The molecule has 0 aliphatic carbocycles. The highest BCUT2D eigenvalue weighted by molar-refractivity contribution is 5.37. The van der Waals surface area contributed by atoms with Gasteiger partial charge in [0.2, 0.25) is 0 Å². The molecule has 1 aromatic heterocycles. The van der Waals surface area contributed by atoms with Crippen molar-refractivity contribution in [3.63, 3.8) is 0 Å². The third kappa shape index (κ3) is 4.61. The molecule has 0 unspecified atom stereocenters. The van der Waals surface area contributed by atoms with E-state index < -0.39 is 5.83 Å². The van der Waals surface area contributed by atoms with Crippen molar-refractivity contribution in [2.45, 2.75) is 13.3 Å². The standard InChI is InChI=1S/C12H13FN4O/c1-2-3-9(6-14)4-10(13)7-15-11-5-12(18)17-8-16-11/h3-5,8H,2,7H2,1H3,(H2,15,16,17,18)/b9-3+,10-4+. The molecule has 0 saturated carbocycles. The Bertz CT molecular complexity index is 554. The van der Waals surface area contributed by atoms with Crippen molar-refractivity contribution in [1.82, 2.24) is 9.97 Å². The molecule has 0 aromatic carbocycles. The molecular formula is C12H13FN4O. The minimum atomic E-state index is -0.502. The van der Waals surface area contributed by atoms with Crippen molar-refractivity contribution < 1.29 is 4.39 Å². The first-order valence-electron chi connectivity index (χ1n) is 5.40. The van der Waals surface area contributed by atoms with Crippen LogP contribution in [0.3, 0.4) is 0 Å². The third-order valence-electron chi connectivity index (χ3n) is 1.98. The molecular weight excluding hydrogens is 235 g/mol. The Labute approximate surface area is 104 Å². The number of nitrogens with one attached hydrogen (secondary N) is 2. The van der Waals surface area contributed by atoms with Crippen molar-refractivity contribution in [3.05, 3.63) is 46.3 Å². The second-order valence-electron chi connectivity index (χ2n) is 3.42. The molecule has 5 nitrogen and oxygen atoms in total. The lowest BCUT2D eigenvalue weighted by atomic mass is 10.2. The average Bonchev–Trinajstić information content (AvgIpc) is 2.36. The summed E-state index contributed by atoms with van der Waals surface area (Å²) in [5.74, 6) is -0.224. The number of aromatic amines is 1. The van der Waals surface area contributed by atoms with Crippen LogP contribution >= 0.6 is 0 Å². The predicted molar refractivity (Wildman–Crippen MR) is 66.5 cm³/mol. The maximum absolute atomic E-state index is 13.4. The smallest absolute Gasteiger partial charge is 0.252 e. The van der Waals surface area contributed by atoms with Crippen LogP contribution in [0.2, 0.25) is 0 Å². The largest absolute Gasteiger partial charge is 0.363 e. The summed E-state index contributed by atoms with van der Waals surface area (Å²) >= 11 is 0. The van der Waals surface area contributed by atoms with Gasteiger partial charge in [0, 0.05) is 6.07 Å². The number of H-pyrrole nitrogens is 1. The number of hydrogen-bond donors (Lipinski definition) is 2. The lowest BCUT2D eigenvalue weighted by molar-refractivity contribution is 0.625. The molecule has 0 aliphatic heterocycles. The number of nitriles is 1. The summed E-state index contributed by atoms with van der Waals surface area (Å²) in [6.45, 7) is 1.74. The number of allylic oxidation sites excluding steroid dienone is 3. The third-order valence-corrected chi connectivity index (χ3v) is 1.98. The SMILES string of the molecule is CC/C=C(C#N)\C=C(\F)CNc1cc(=O)[nH]cn1. The van der Waals surface area contributed by atoms with E-state index in [1.54, 1.807) is 6.08 Å². The second kappa shape index (κ2) is 7.01. The fourth-order valence-corrected chi connectivity index (χ4v) is 1.22. The van der Waals surface area contributed by atoms with Crippen LogP contribution in [0.5, 0.6) is 0 Å². The molecule has 0 atom stereocenters. The van der Waals surface area contributed by atoms with Gasteiger partial charge in [-0.25, -0.2) is 9.37 Å². The van der Waals surface area contributed by atoms with Crippen LogP contribution in [0.1, 0.15) is 13.3 Å². The highest BCUT2D eigenvalue weighted by Crippen LogP contribution is 2.06.